The van der Waals surface area contributed by atoms with Crippen LogP contribution in [0.4, 0.5) is 0 Å². The Hall–Kier alpha value is -5.40. The maximum Gasteiger partial charge on any atom is 0.335 e. The van der Waals surface area contributed by atoms with Crippen LogP contribution in [-0.4, -0.2) is 55.6 Å². The van der Waals surface area contributed by atoms with Gasteiger partial charge in [0, 0.05) is 11.8 Å². The van der Waals surface area contributed by atoms with E-state index in [9.17, 15) is 19.2 Å². The molecule has 2 unspecified atom stereocenters. The highest BCUT2D eigenvalue weighted by Crippen LogP contribution is 2.25. The monoisotopic (exact) mass is 600 g/mol. The van der Waals surface area contributed by atoms with Gasteiger partial charge in [-0.05, 0) is 47.5 Å². The second kappa shape index (κ2) is 13.7. The maximum atomic E-state index is 10.9. The van der Waals surface area contributed by atoms with E-state index in [1.807, 2.05) is 0 Å². The lowest BCUT2D eigenvalue weighted by Crippen LogP contribution is -2.54. The van der Waals surface area contributed by atoms with Gasteiger partial charge < -0.3 is 43.4 Å². The average molecular weight is 601 g/mol. The molecule has 0 aromatic heterocycles. The van der Waals surface area contributed by atoms with Crippen LogP contribution in [0.25, 0.3) is 12.2 Å². The minimum atomic E-state index is -1.29. The van der Waals surface area contributed by atoms with Crippen molar-refractivity contribution >= 4 is 36.0 Å². The van der Waals surface area contributed by atoms with Crippen LogP contribution < -0.4 is 22.9 Å². The number of carboxylic acid groups (broad SMARTS) is 4. The largest absolute Gasteiger partial charge is 0.478 e. The first-order chi connectivity index (χ1) is 20.6. The molecule has 2 aromatic rings. The Morgan fingerprint density at radius 1 is 0.545 bits per heavy atom. The fourth-order valence-electron chi connectivity index (χ4n) is 4.21. The Bertz CT molecular complexity index is 1490. The van der Waals surface area contributed by atoms with Crippen molar-refractivity contribution in [2.75, 3.05) is 0 Å². The summed E-state index contributed by atoms with van der Waals surface area (Å²) < 4.78 is 0. The molecule has 0 bridgehead atoms. The second-order valence-corrected chi connectivity index (χ2v) is 10.2. The van der Waals surface area contributed by atoms with E-state index in [0.29, 0.717) is 0 Å². The summed E-state index contributed by atoms with van der Waals surface area (Å²) in [4.78, 5) is 43.4. The molecule has 0 amide bonds. The van der Waals surface area contributed by atoms with E-state index in [4.69, 9.17) is 43.4 Å². The first-order valence-corrected chi connectivity index (χ1v) is 13.1. The number of benzene rings is 2. The van der Waals surface area contributed by atoms with Gasteiger partial charge in [-0.1, -0.05) is 72.9 Å². The number of hydrogen-bond donors (Lipinski definition) is 8. The molecular weight excluding hydrogens is 568 g/mol. The van der Waals surface area contributed by atoms with Crippen LogP contribution in [0.5, 0.6) is 0 Å². The normalized spacial score (nSPS) is 19.9. The summed E-state index contributed by atoms with van der Waals surface area (Å²) in [6.07, 6.45) is 15.8. The fourth-order valence-corrected chi connectivity index (χ4v) is 4.21. The lowest BCUT2D eigenvalue weighted by molar-refractivity contribution is -0.133. The lowest BCUT2D eigenvalue weighted by atomic mass is 9.86. The zero-order valence-corrected chi connectivity index (χ0v) is 23.3. The van der Waals surface area contributed by atoms with Crippen molar-refractivity contribution in [1.82, 2.24) is 0 Å². The van der Waals surface area contributed by atoms with Gasteiger partial charge in [-0.15, -0.1) is 0 Å². The van der Waals surface area contributed by atoms with Crippen molar-refractivity contribution < 1.29 is 39.6 Å². The molecule has 0 saturated heterocycles. The van der Waals surface area contributed by atoms with E-state index in [0.717, 1.165) is 11.1 Å². The van der Waals surface area contributed by atoms with Crippen LogP contribution in [-0.2, 0) is 9.59 Å². The smallest absolute Gasteiger partial charge is 0.335 e. The Kier molecular flexibility index (Phi) is 10.3. The van der Waals surface area contributed by atoms with Gasteiger partial charge in [0.25, 0.3) is 0 Å². The Balaban J connectivity index is 0.000000240. The van der Waals surface area contributed by atoms with Crippen LogP contribution in [0, 0.1) is 11.8 Å². The molecule has 0 fully saturated rings. The van der Waals surface area contributed by atoms with Crippen molar-refractivity contribution in [2.24, 2.45) is 34.8 Å². The molecule has 0 radical (unpaired) electrons. The highest BCUT2D eigenvalue weighted by molar-refractivity contribution is 5.91. The predicted octanol–water partition coefficient (Wildman–Crippen LogP) is 2.42. The van der Waals surface area contributed by atoms with E-state index < -0.39 is 35.2 Å². The van der Waals surface area contributed by atoms with Crippen molar-refractivity contribution in [3.63, 3.8) is 0 Å². The zero-order valence-electron chi connectivity index (χ0n) is 23.3. The highest BCUT2D eigenvalue weighted by Gasteiger charge is 2.30. The molecule has 228 valence electrons. The maximum absolute atomic E-state index is 10.9. The van der Waals surface area contributed by atoms with Crippen LogP contribution in [0.2, 0.25) is 0 Å². The number of nitrogens with two attached hydrogens (primary N) is 4. The van der Waals surface area contributed by atoms with E-state index in [1.54, 1.807) is 60.7 Å². The molecule has 44 heavy (non-hydrogen) atoms. The summed E-state index contributed by atoms with van der Waals surface area (Å²) in [7, 11) is 0. The summed E-state index contributed by atoms with van der Waals surface area (Å²) in [6, 6.07) is 12.7. The van der Waals surface area contributed by atoms with Crippen LogP contribution in [0.1, 0.15) is 31.8 Å². The second-order valence-electron chi connectivity index (χ2n) is 10.2. The third kappa shape index (κ3) is 8.80. The van der Waals surface area contributed by atoms with E-state index in [2.05, 4.69) is 0 Å². The summed E-state index contributed by atoms with van der Waals surface area (Å²) in [5, 5.41) is 35.5. The topological polar surface area (TPSA) is 253 Å². The first-order valence-electron chi connectivity index (χ1n) is 13.1. The Morgan fingerprint density at radius 3 is 1.11 bits per heavy atom. The first kappa shape index (κ1) is 33.1. The van der Waals surface area contributed by atoms with Crippen LogP contribution in [0.3, 0.4) is 0 Å². The average Bonchev–Trinajstić information content (AvgIpc) is 2.95. The quantitative estimate of drug-likeness (QED) is 0.203. The molecule has 0 saturated carbocycles. The van der Waals surface area contributed by atoms with Gasteiger partial charge in [-0.2, -0.15) is 0 Å². The van der Waals surface area contributed by atoms with Gasteiger partial charge in [0.1, 0.15) is 0 Å². The molecule has 2 aliphatic carbocycles. The van der Waals surface area contributed by atoms with Gasteiger partial charge in [-0.3, -0.25) is 0 Å². The minimum absolute atomic E-state index is 0.0560. The van der Waals surface area contributed by atoms with Crippen molar-refractivity contribution in [3.8, 4) is 0 Å². The molecule has 12 heteroatoms. The van der Waals surface area contributed by atoms with Gasteiger partial charge in [-0.25, -0.2) is 19.2 Å². The minimum Gasteiger partial charge on any atom is -0.478 e. The van der Waals surface area contributed by atoms with E-state index in [-0.39, 0.29) is 34.1 Å². The molecule has 0 aliphatic heterocycles. The number of carboxylic acids is 4. The molecule has 2 aliphatic rings. The predicted molar refractivity (Wildman–Crippen MR) is 164 cm³/mol. The third-order valence-electron chi connectivity index (χ3n) is 6.73. The summed E-state index contributed by atoms with van der Waals surface area (Å²) in [5.41, 5.74) is 23.3. The van der Waals surface area contributed by atoms with Crippen molar-refractivity contribution in [2.45, 2.75) is 11.3 Å². The van der Waals surface area contributed by atoms with E-state index in [1.165, 1.54) is 48.6 Å². The summed E-state index contributed by atoms with van der Waals surface area (Å²) in [5.74, 6) is -4.86. The van der Waals surface area contributed by atoms with Gasteiger partial charge in [0.15, 0.2) is 0 Å². The molecule has 2 aromatic carbocycles. The molecule has 0 spiro atoms. The molecule has 12 N–H and O–H groups in total. The summed E-state index contributed by atoms with van der Waals surface area (Å²) in [6.45, 7) is 0. The molecule has 2 atom stereocenters. The number of hydrogen-bond acceptors (Lipinski definition) is 8. The highest BCUT2D eigenvalue weighted by atomic mass is 16.4. The standard InChI is InChI=1S/2C16H16N2O4/c2*17-16(18)9-12(15(21)22)6-8-13(16)7-3-10-1-4-11(5-2-10)14(19)20/h2*1-9,13H,17-18H2,(H,19,20)(H,21,22). The SMILES string of the molecule is NC1(N)C=C(C(=O)O)C=CC1C=Cc1ccc(C(=O)O)cc1.NC1(N)C=C(C(=O)O)C=CC1C=Cc1ccc(C(=O)O)cc1. The van der Waals surface area contributed by atoms with Crippen molar-refractivity contribution in [1.29, 1.82) is 0 Å². The third-order valence-corrected chi connectivity index (χ3v) is 6.73. The number of aliphatic carboxylic acids is 2. The van der Waals surface area contributed by atoms with E-state index >= 15 is 0 Å². The fraction of sp³-hybridized carbons (Fsp3) is 0.125. The van der Waals surface area contributed by atoms with Gasteiger partial charge >= 0.3 is 23.9 Å². The molecular formula is C32H32N4O8. The Labute approximate surface area is 252 Å². The number of carbonyl (C=O) groups is 4. The molecule has 0 heterocycles. The van der Waals surface area contributed by atoms with Crippen LogP contribution in [0.15, 0.2) is 108 Å². The van der Waals surface area contributed by atoms with Gasteiger partial charge in [0.2, 0.25) is 0 Å². The van der Waals surface area contributed by atoms with Crippen molar-refractivity contribution in [3.05, 3.63) is 131 Å². The van der Waals surface area contributed by atoms with Gasteiger partial charge in [0.05, 0.1) is 33.6 Å². The number of aromatic carboxylic acids is 2. The number of rotatable bonds is 8. The molecule has 12 nitrogen and oxygen atoms in total. The Morgan fingerprint density at radius 2 is 0.864 bits per heavy atom. The molecule has 4 rings (SSSR count). The zero-order chi connectivity index (χ0) is 32.7. The van der Waals surface area contributed by atoms with Crippen LogP contribution >= 0.6 is 0 Å². The summed E-state index contributed by atoms with van der Waals surface area (Å²) >= 11 is 0. The lowest BCUT2D eigenvalue weighted by Gasteiger charge is -2.30.